The first kappa shape index (κ1) is 30.0. The van der Waals surface area contributed by atoms with Gasteiger partial charge >= 0.3 is 0 Å². The first-order valence-corrected chi connectivity index (χ1v) is 16.0. The van der Waals surface area contributed by atoms with Crippen molar-refractivity contribution in [3.8, 4) is 11.5 Å². The van der Waals surface area contributed by atoms with Gasteiger partial charge in [0.2, 0.25) is 11.8 Å². The number of aryl methyl sites for hydroxylation is 2. The summed E-state index contributed by atoms with van der Waals surface area (Å²) in [4.78, 5) is 61.3. The Bertz CT molecular complexity index is 1870. The topological polar surface area (TPSA) is 99.7 Å². The van der Waals surface area contributed by atoms with Crippen LogP contribution in [0.25, 0.3) is 0 Å². The Balaban J connectivity index is 1.37. The summed E-state index contributed by atoms with van der Waals surface area (Å²) in [6, 6.07) is 25.7. The molecule has 4 aromatic rings. The molecule has 0 radical (unpaired) electrons. The van der Waals surface area contributed by atoms with Crippen molar-refractivity contribution in [2.45, 2.75) is 38.0 Å². The number of anilines is 2. The number of fused-ring (bicyclic) bond motifs is 5. The molecule has 0 spiro atoms. The molecule has 8 rings (SSSR count). The molecule has 0 aliphatic carbocycles. The number of benzene rings is 4. The summed E-state index contributed by atoms with van der Waals surface area (Å²) in [7, 11) is 3.11. The fourth-order valence-corrected chi connectivity index (χ4v) is 8.31. The van der Waals surface area contributed by atoms with E-state index in [9.17, 15) is 19.2 Å². The summed E-state index contributed by atoms with van der Waals surface area (Å²) in [6.45, 7) is 3.82. The van der Waals surface area contributed by atoms with Gasteiger partial charge in [0, 0.05) is 11.1 Å². The third-order valence-electron chi connectivity index (χ3n) is 10.2. The monoisotopic (exact) mass is 642 g/mol. The Morgan fingerprint density at radius 1 is 0.479 bits per heavy atom. The van der Waals surface area contributed by atoms with E-state index >= 15 is 0 Å². The van der Waals surface area contributed by atoms with Crippen LogP contribution in [0.3, 0.4) is 0 Å². The van der Waals surface area contributed by atoms with Crippen molar-refractivity contribution < 1.29 is 28.7 Å². The lowest BCUT2D eigenvalue weighted by molar-refractivity contribution is -0.136. The van der Waals surface area contributed by atoms with E-state index in [0.29, 0.717) is 34.0 Å². The molecule has 10 nitrogen and oxygen atoms in total. The fraction of sp³-hybridized carbons (Fsp3) is 0.263. The molecule has 242 valence electrons. The van der Waals surface area contributed by atoms with E-state index < -0.39 is 47.8 Å². The zero-order chi connectivity index (χ0) is 33.4. The number of hydrazine groups is 1. The van der Waals surface area contributed by atoms with Crippen molar-refractivity contribution in [3.05, 3.63) is 119 Å². The summed E-state index contributed by atoms with van der Waals surface area (Å²) < 4.78 is 11.6. The third-order valence-corrected chi connectivity index (χ3v) is 10.2. The van der Waals surface area contributed by atoms with Gasteiger partial charge in [0.15, 0.2) is 0 Å². The first-order valence-electron chi connectivity index (χ1n) is 16.0. The van der Waals surface area contributed by atoms with Gasteiger partial charge in [-0.2, -0.15) is 0 Å². The van der Waals surface area contributed by atoms with Crippen LogP contribution in [0.5, 0.6) is 11.5 Å². The molecule has 0 N–H and O–H groups in total. The van der Waals surface area contributed by atoms with E-state index in [1.807, 2.05) is 96.7 Å². The number of nitrogens with zero attached hydrogens (tertiary/aromatic N) is 4. The average molecular weight is 643 g/mol. The van der Waals surface area contributed by atoms with Gasteiger partial charge in [-0.3, -0.25) is 19.2 Å². The van der Waals surface area contributed by atoms with E-state index in [-0.39, 0.29) is 11.8 Å². The lowest BCUT2D eigenvalue weighted by Gasteiger charge is -2.36. The zero-order valence-electron chi connectivity index (χ0n) is 26.9. The van der Waals surface area contributed by atoms with Crippen LogP contribution in [0.2, 0.25) is 0 Å². The van der Waals surface area contributed by atoms with E-state index in [1.165, 1.54) is 9.80 Å². The van der Waals surface area contributed by atoms with Crippen molar-refractivity contribution in [2.24, 2.45) is 11.8 Å². The van der Waals surface area contributed by atoms with Crippen molar-refractivity contribution in [3.63, 3.8) is 0 Å². The number of ether oxygens (including phenoxy) is 2. The molecular formula is C38H34N4O6. The molecule has 4 amide bonds. The van der Waals surface area contributed by atoms with Crippen molar-refractivity contribution in [1.82, 2.24) is 10.0 Å². The highest BCUT2D eigenvalue weighted by molar-refractivity contribution is 6.26. The van der Waals surface area contributed by atoms with E-state index in [1.54, 1.807) is 38.5 Å². The number of para-hydroxylation sites is 2. The first-order chi connectivity index (χ1) is 23.3. The highest BCUT2D eigenvalue weighted by Crippen LogP contribution is 2.61. The molecule has 4 heterocycles. The minimum atomic E-state index is -0.999. The normalized spacial score (nSPS) is 26.7. The summed E-state index contributed by atoms with van der Waals surface area (Å²) in [5.74, 6) is -2.33. The lowest BCUT2D eigenvalue weighted by Crippen LogP contribution is -2.50. The molecule has 6 unspecified atom stereocenters. The zero-order valence-corrected chi connectivity index (χ0v) is 26.9. The Hall–Kier alpha value is -5.32. The molecule has 10 heteroatoms. The molecule has 4 aliphatic heterocycles. The minimum absolute atomic E-state index is 0.372. The minimum Gasteiger partial charge on any atom is -0.496 e. The Labute approximate surface area is 278 Å². The molecule has 0 saturated carbocycles. The van der Waals surface area contributed by atoms with Crippen LogP contribution < -0.4 is 19.3 Å². The van der Waals surface area contributed by atoms with Crippen LogP contribution in [0, 0.1) is 25.7 Å². The average Bonchev–Trinajstić information content (AvgIpc) is 3.76. The van der Waals surface area contributed by atoms with E-state index in [0.717, 1.165) is 11.1 Å². The van der Waals surface area contributed by atoms with Crippen LogP contribution in [-0.4, -0.2) is 59.9 Å². The van der Waals surface area contributed by atoms with Gasteiger partial charge in [-0.1, -0.05) is 60.7 Å². The Morgan fingerprint density at radius 3 is 1.25 bits per heavy atom. The highest BCUT2D eigenvalue weighted by atomic mass is 16.5. The standard InChI is InChI=1S/C38H34N4O6/c1-21-11-9-13-23(19-21)39-35(43)29-31(25-15-5-7-17-27(25)47-3)42-34-30(36(44)40(38(34)46)24-14-10-12-22(2)20-24)32(41(42)33(29)37(39)45)26-16-6-8-18-28(26)48-4/h5-20,29-34H,1-4H3. The number of hydrogen-bond acceptors (Lipinski definition) is 8. The predicted molar refractivity (Wildman–Crippen MR) is 177 cm³/mol. The quantitative estimate of drug-likeness (QED) is 0.278. The van der Waals surface area contributed by atoms with Crippen LogP contribution in [-0.2, 0) is 19.2 Å². The van der Waals surface area contributed by atoms with Crippen molar-refractivity contribution in [1.29, 1.82) is 0 Å². The molecular weight excluding hydrogens is 608 g/mol. The van der Waals surface area contributed by atoms with Gasteiger partial charge in [0.1, 0.15) is 23.6 Å². The van der Waals surface area contributed by atoms with Crippen LogP contribution >= 0.6 is 0 Å². The summed E-state index contributed by atoms with van der Waals surface area (Å²) in [5.41, 5.74) is 4.08. The molecule has 0 aromatic heterocycles. The van der Waals surface area contributed by atoms with Crippen LogP contribution in [0.4, 0.5) is 11.4 Å². The number of amides is 4. The SMILES string of the molecule is COc1ccccc1C1C2C(=O)N(c3cccc(C)c3)C(=O)C2N2C(c3ccccc3OC)C3C(=O)N(c4cccc(C)c4)C(=O)C3N12. The van der Waals surface area contributed by atoms with Gasteiger partial charge in [0.05, 0.1) is 49.5 Å². The highest BCUT2D eigenvalue weighted by Gasteiger charge is 2.74. The lowest BCUT2D eigenvalue weighted by atomic mass is 9.83. The molecule has 4 saturated heterocycles. The number of hydrogen-bond donors (Lipinski definition) is 0. The molecule has 4 aromatic carbocycles. The smallest absolute Gasteiger partial charge is 0.253 e. The van der Waals surface area contributed by atoms with Gasteiger partial charge in [-0.05, 0) is 61.4 Å². The summed E-state index contributed by atoms with van der Waals surface area (Å²) in [5, 5.41) is 3.68. The maximum Gasteiger partial charge on any atom is 0.253 e. The predicted octanol–water partition coefficient (Wildman–Crippen LogP) is 4.77. The van der Waals surface area contributed by atoms with Gasteiger partial charge in [-0.15, -0.1) is 0 Å². The van der Waals surface area contributed by atoms with Gasteiger partial charge in [0.25, 0.3) is 11.8 Å². The second-order valence-corrected chi connectivity index (χ2v) is 12.8. The number of carbonyl (C=O) groups is 4. The molecule has 6 atom stereocenters. The molecule has 4 aliphatic rings. The van der Waals surface area contributed by atoms with Crippen LogP contribution in [0.15, 0.2) is 97.1 Å². The molecule has 48 heavy (non-hydrogen) atoms. The number of methoxy groups -OCH3 is 2. The maximum absolute atomic E-state index is 14.7. The molecule has 0 bridgehead atoms. The van der Waals surface area contributed by atoms with Crippen molar-refractivity contribution in [2.75, 3.05) is 24.0 Å². The van der Waals surface area contributed by atoms with Crippen molar-refractivity contribution >= 4 is 35.0 Å². The third kappa shape index (κ3) is 4.12. The number of carbonyl (C=O) groups excluding carboxylic acids is 4. The van der Waals surface area contributed by atoms with E-state index in [4.69, 9.17) is 9.47 Å². The maximum atomic E-state index is 14.7. The van der Waals surface area contributed by atoms with Gasteiger partial charge in [-0.25, -0.2) is 19.8 Å². The van der Waals surface area contributed by atoms with Gasteiger partial charge < -0.3 is 9.47 Å². The summed E-state index contributed by atoms with van der Waals surface area (Å²) >= 11 is 0. The Morgan fingerprint density at radius 2 is 0.875 bits per heavy atom. The number of rotatable bonds is 6. The fourth-order valence-electron chi connectivity index (χ4n) is 8.31. The van der Waals surface area contributed by atoms with E-state index in [2.05, 4.69) is 0 Å². The largest absolute Gasteiger partial charge is 0.496 e. The molecule has 4 fully saturated rings. The second-order valence-electron chi connectivity index (χ2n) is 12.8. The van der Waals surface area contributed by atoms with Crippen LogP contribution in [0.1, 0.15) is 34.3 Å². The number of imide groups is 2. The summed E-state index contributed by atoms with van der Waals surface area (Å²) in [6.07, 6.45) is 0. The second kappa shape index (κ2) is 11.1. The Kier molecular flexibility index (Phi) is 6.97.